The van der Waals surface area contributed by atoms with Crippen LogP contribution in [0.4, 0.5) is 5.69 Å². The van der Waals surface area contributed by atoms with E-state index in [1.54, 1.807) is 24.3 Å². The van der Waals surface area contributed by atoms with E-state index in [0.717, 1.165) is 11.3 Å². The number of para-hydroxylation sites is 1. The van der Waals surface area contributed by atoms with Crippen molar-refractivity contribution in [1.82, 2.24) is 5.48 Å². The first-order valence-electron chi connectivity index (χ1n) is 7.47. The molecule has 3 rings (SSSR count). The van der Waals surface area contributed by atoms with Gasteiger partial charge in [0.25, 0.3) is 0 Å². The van der Waals surface area contributed by atoms with Gasteiger partial charge in [0.15, 0.2) is 9.84 Å². The Kier molecular flexibility index (Phi) is 4.16. The van der Waals surface area contributed by atoms with Crippen molar-refractivity contribution < 1.29 is 13.6 Å². The maximum Gasteiger partial charge on any atom is 0.175 e. The Morgan fingerprint density at radius 3 is 2.29 bits per heavy atom. The van der Waals surface area contributed by atoms with E-state index in [9.17, 15) is 13.6 Å². The van der Waals surface area contributed by atoms with E-state index in [4.69, 9.17) is 0 Å². The second kappa shape index (κ2) is 6.01. The van der Waals surface area contributed by atoms with Crippen molar-refractivity contribution in [2.45, 2.75) is 17.4 Å². The monoisotopic (exact) mass is 345 g/mol. The summed E-state index contributed by atoms with van der Waals surface area (Å²) >= 11 is 0. The third kappa shape index (κ3) is 3.06. The summed E-state index contributed by atoms with van der Waals surface area (Å²) in [5.74, 6) is 0. The Morgan fingerprint density at radius 2 is 1.75 bits per heavy atom. The summed E-state index contributed by atoms with van der Waals surface area (Å²) in [6.07, 6.45) is 1.17. The summed E-state index contributed by atoms with van der Waals surface area (Å²) in [5.41, 5.74) is 3.90. The first-order chi connectivity index (χ1) is 11.3. The lowest BCUT2D eigenvalue weighted by molar-refractivity contribution is 0.113. The van der Waals surface area contributed by atoms with Crippen molar-refractivity contribution in [3.8, 4) is 0 Å². The summed E-state index contributed by atoms with van der Waals surface area (Å²) in [6.45, 7) is 2.30. The van der Waals surface area contributed by atoms with Crippen LogP contribution in [0.25, 0.3) is 0 Å². The number of hydrazone groups is 1. The van der Waals surface area contributed by atoms with Gasteiger partial charge in [-0.2, -0.15) is 10.6 Å². The van der Waals surface area contributed by atoms with Gasteiger partial charge in [-0.15, -0.1) is 0 Å². The molecule has 2 aromatic carbocycles. The van der Waals surface area contributed by atoms with Crippen LogP contribution in [0.3, 0.4) is 0 Å². The predicted octanol–water partition coefficient (Wildman–Crippen LogP) is 2.05. The van der Waals surface area contributed by atoms with Crippen LogP contribution in [0.2, 0.25) is 0 Å². The van der Waals surface area contributed by atoms with Crippen molar-refractivity contribution in [3.05, 3.63) is 60.2 Å². The predicted molar refractivity (Wildman–Crippen MR) is 93.2 cm³/mol. The van der Waals surface area contributed by atoms with Gasteiger partial charge in [0.05, 0.1) is 22.8 Å². The molecule has 1 atom stereocenters. The van der Waals surface area contributed by atoms with E-state index in [1.807, 2.05) is 42.3 Å². The minimum absolute atomic E-state index is 0.253. The van der Waals surface area contributed by atoms with Crippen LogP contribution >= 0.6 is 0 Å². The number of hydrogen-bond donors (Lipinski definition) is 2. The Morgan fingerprint density at radius 1 is 1.12 bits per heavy atom. The molecule has 0 saturated heterocycles. The summed E-state index contributed by atoms with van der Waals surface area (Å²) < 4.78 is 23.2. The minimum atomic E-state index is -3.25. The fourth-order valence-corrected chi connectivity index (χ4v) is 3.35. The van der Waals surface area contributed by atoms with Gasteiger partial charge in [-0.05, 0) is 36.8 Å². The van der Waals surface area contributed by atoms with E-state index >= 15 is 0 Å². The van der Waals surface area contributed by atoms with E-state index in [2.05, 4.69) is 10.6 Å². The second-order valence-corrected chi connectivity index (χ2v) is 8.10. The highest BCUT2D eigenvalue weighted by Gasteiger charge is 2.39. The molecule has 24 heavy (non-hydrogen) atoms. The van der Waals surface area contributed by atoms with Gasteiger partial charge in [-0.3, -0.25) is 5.01 Å². The average molecular weight is 345 g/mol. The zero-order valence-electron chi connectivity index (χ0n) is 13.5. The van der Waals surface area contributed by atoms with Crippen molar-refractivity contribution in [2.24, 2.45) is 5.10 Å². The Labute approximate surface area is 141 Å². The van der Waals surface area contributed by atoms with Crippen LogP contribution in [-0.2, 0) is 9.84 Å². The number of anilines is 1. The maximum atomic E-state index is 11.6. The minimum Gasteiger partial charge on any atom is -0.316 e. The first kappa shape index (κ1) is 16.6. The highest BCUT2D eigenvalue weighted by Crippen LogP contribution is 2.28. The number of rotatable bonds is 4. The van der Waals surface area contributed by atoms with Crippen molar-refractivity contribution in [3.63, 3.8) is 0 Å². The van der Waals surface area contributed by atoms with Gasteiger partial charge >= 0.3 is 0 Å². The molecule has 2 aromatic rings. The zero-order chi connectivity index (χ0) is 17.4. The first-order valence-corrected chi connectivity index (χ1v) is 9.36. The maximum absolute atomic E-state index is 11.6. The molecule has 0 bridgehead atoms. The molecule has 2 N–H and O–H groups in total. The lowest BCUT2D eigenvalue weighted by Crippen LogP contribution is -2.50. The Balaban J connectivity index is 2.00. The normalized spacial score (nSPS) is 21.0. The quantitative estimate of drug-likeness (QED) is 0.829. The van der Waals surface area contributed by atoms with Crippen LogP contribution in [0.5, 0.6) is 0 Å². The summed E-state index contributed by atoms with van der Waals surface area (Å²) in [6, 6.07) is 16.2. The zero-order valence-corrected chi connectivity index (χ0v) is 14.3. The number of nitrogens with zero attached hydrogens (tertiary/aromatic N) is 2. The number of sulfone groups is 1. The van der Waals surface area contributed by atoms with Gasteiger partial charge in [0.2, 0.25) is 0 Å². The molecular weight excluding hydrogens is 326 g/mol. The van der Waals surface area contributed by atoms with Gasteiger partial charge in [-0.25, -0.2) is 8.42 Å². The molecule has 1 unspecified atom stereocenters. The van der Waals surface area contributed by atoms with Crippen LogP contribution in [-0.4, -0.2) is 37.7 Å². The molecule has 1 aliphatic heterocycles. The fourth-order valence-electron chi connectivity index (χ4n) is 2.71. The largest absolute Gasteiger partial charge is 0.316 e. The van der Waals surface area contributed by atoms with Crippen LogP contribution in [0.1, 0.15) is 12.5 Å². The van der Waals surface area contributed by atoms with E-state index < -0.39 is 15.4 Å². The van der Waals surface area contributed by atoms with E-state index in [1.165, 1.54) is 6.26 Å². The van der Waals surface area contributed by atoms with Crippen molar-refractivity contribution in [2.75, 3.05) is 17.8 Å². The van der Waals surface area contributed by atoms with Crippen LogP contribution in [0, 0.1) is 0 Å². The number of hydrogen-bond acceptors (Lipinski definition) is 6. The molecule has 126 valence electrons. The molecule has 0 fully saturated rings. The Hall–Kier alpha value is -2.22. The molecule has 0 radical (unpaired) electrons. The molecule has 6 nitrogen and oxygen atoms in total. The lowest BCUT2D eigenvalue weighted by atomic mass is 9.92. The van der Waals surface area contributed by atoms with Gasteiger partial charge in [-0.1, -0.05) is 30.3 Å². The standard InChI is InChI=1S/C17H19N3O3S/c1-17(19-21)12-20(14-6-4-3-5-7-14)18-16(17)13-8-10-15(11-9-13)24(2,22)23/h3-11,19,21H,12H2,1-2H3. The lowest BCUT2D eigenvalue weighted by Gasteiger charge is -2.24. The molecule has 0 spiro atoms. The highest BCUT2D eigenvalue weighted by atomic mass is 32.2. The van der Waals surface area contributed by atoms with Crippen molar-refractivity contribution >= 4 is 21.2 Å². The molecule has 1 aliphatic rings. The third-order valence-corrected chi connectivity index (χ3v) is 5.19. The fraction of sp³-hybridized carbons (Fsp3) is 0.235. The number of benzene rings is 2. The topological polar surface area (TPSA) is 82.0 Å². The van der Waals surface area contributed by atoms with E-state index in [-0.39, 0.29) is 4.90 Å². The summed E-state index contributed by atoms with van der Waals surface area (Å²) in [7, 11) is -3.25. The molecule has 0 saturated carbocycles. The summed E-state index contributed by atoms with van der Waals surface area (Å²) in [5, 5.41) is 16.1. The number of nitrogens with one attached hydrogen (secondary N) is 1. The molecular formula is C17H19N3O3S. The highest BCUT2D eigenvalue weighted by molar-refractivity contribution is 7.90. The average Bonchev–Trinajstić information content (AvgIpc) is 2.93. The van der Waals surface area contributed by atoms with Crippen LogP contribution < -0.4 is 10.5 Å². The van der Waals surface area contributed by atoms with E-state index in [0.29, 0.717) is 12.3 Å². The van der Waals surface area contributed by atoms with Gasteiger partial charge in [0, 0.05) is 6.26 Å². The number of hydroxylamine groups is 1. The molecule has 7 heteroatoms. The molecule has 0 aliphatic carbocycles. The SMILES string of the molecule is CC1(NO)CN(c2ccccc2)N=C1c1ccc(S(C)(=O)=O)cc1. The Bertz CT molecular complexity index is 864. The van der Waals surface area contributed by atoms with Crippen LogP contribution in [0.15, 0.2) is 64.6 Å². The molecule has 0 amide bonds. The van der Waals surface area contributed by atoms with Gasteiger partial charge in [0.1, 0.15) is 5.54 Å². The smallest absolute Gasteiger partial charge is 0.175 e. The molecule has 1 heterocycles. The van der Waals surface area contributed by atoms with Gasteiger partial charge < -0.3 is 5.21 Å². The second-order valence-electron chi connectivity index (χ2n) is 6.08. The third-order valence-electron chi connectivity index (χ3n) is 4.07. The molecule has 0 aromatic heterocycles. The summed E-state index contributed by atoms with van der Waals surface area (Å²) in [4.78, 5) is 0.253. The van der Waals surface area contributed by atoms with Crippen molar-refractivity contribution in [1.29, 1.82) is 0 Å².